The minimum atomic E-state index is -0.198. The van der Waals surface area contributed by atoms with Gasteiger partial charge in [0.25, 0.3) is 0 Å². The van der Waals surface area contributed by atoms with E-state index in [1.165, 1.54) is 11.3 Å². The van der Waals surface area contributed by atoms with Crippen LogP contribution < -0.4 is 10.7 Å². The van der Waals surface area contributed by atoms with Crippen LogP contribution >= 0.6 is 22.9 Å². The van der Waals surface area contributed by atoms with Crippen LogP contribution in [-0.2, 0) is 40.9 Å². The normalized spacial score (nSPS) is 11.1. The van der Waals surface area contributed by atoms with Crippen LogP contribution in [0.4, 0.5) is 0 Å². The molecule has 6 nitrogen and oxygen atoms in total. The van der Waals surface area contributed by atoms with Crippen LogP contribution in [0.1, 0.15) is 16.7 Å². The Balaban J connectivity index is 1.69. The van der Waals surface area contributed by atoms with Gasteiger partial charge in [0, 0.05) is 43.0 Å². The molecule has 0 atom stereocenters. The Morgan fingerprint density at radius 1 is 1.21 bits per heavy atom. The number of halogens is 1. The van der Waals surface area contributed by atoms with E-state index in [-0.39, 0.29) is 17.8 Å². The standard InChI is InChI=1S/C21H23ClN2O4S/c1-24-11-15(9-18(25)23-10-14-3-5-17(22)6-4-14)20(26)21-19(24)16(13-29-21)12-28-8-7-27-2/h3-6,11,13H,7-10,12H2,1-2H3,(H,23,25). The van der Waals surface area contributed by atoms with Crippen molar-refractivity contribution in [1.29, 1.82) is 0 Å². The second-order valence-corrected chi connectivity index (χ2v) is 7.97. The van der Waals surface area contributed by atoms with Crippen molar-refractivity contribution in [1.82, 2.24) is 9.88 Å². The van der Waals surface area contributed by atoms with E-state index in [4.69, 9.17) is 21.1 Å². The average Bonchev–Trinajstić information content (AvgIpc) is 3.13. The predicted octanol–water partition coefficient (Wildman–Crippen LogP) is 3.28. The maximum Gasteiger partial charge on any atom is 0.224 e. The average molecular weight is 435 g/mol. The SMILES string of the molecule is COCCOCc1csc2c(=O)c(CC(=O)NCc3ccc(Cl)cc3)cn(C)c12. The highest BCUT2D eigenvalue weighted by Gasteiger charge is 2.15. The van der Waals surface area contributed by atoms with Gasteiger partial charge in [0.05, 0.1) is 36.5 Å². The minimum Gasteiger partial charge on any atom is -0.382 e. The molecule has 0 radical (unpaired) electrons. The maximum absolute atomic E-state index is 12.9. The number of nitrogens with zero attached hydrogens (tertiary/aromatic N) is 1. The molecule has 0 aliphatic rings. The first-order valence-corrected chi connectivity index (χ1v) is 10.4. The number of hydrogen-bond donors (Lipinski definition) is 1. The monoisotopic (exact) mass is 434 g/mol. The van der Waals surface area contributed by atoms with Crippen LogP contribution in [0.3, 0.4) is 0 Å². The van der Waals surface area contributed by atoms with E-state index in [1.54, 1.807) is 25.4 Å². The lowest BCUT2D eigenvalue weighted by Gasteiger charge is -2.10. The number of pyridine rings is 1. The molecular weight excluding hydrogens is 412 g/mol. The van der Waals surface area contributed by atoms with Crippen LogP contribution in [0, 0.1) is 0 Å². The van der Waals surface area contributed by atoms with Crippen molar-refractivity contribution in [2.75, 3.05) is 20.3 Å². The Morgan fingerprint density at radius 2 is 1.97 bits per heavy atom. The Kier molecular flexibility index (Phi) is 7.44. The molecule has 1 N–H and O–H groups in total. The first-order valence-electron chi connectivity index (χ1n) is 9.16. The molecule has 8 heteroatoms. The highest BCUT2D eigenvalue weighted by atomic mass is 35.5. The Labute approximate surface area is 178 Å². The number of carbonyl (C=O) groups is 1. The molecule has 2 heterocycles. The van der Waals surface area contributed by atoms with Crippen LogP contribution in [0.25, 0.3) is 10.2 Å². The number of aryl methyl sites for hydroxylation is 1. The summed E-state index contributed by atoms with van der Waals surface area (Å²) in [7, 11) is 3.50. The Morgan fingerprint density at radius 3 is 2.69 bits per heavy atom. The molecule has 3 aromatic rings. The molecule has 154 valence electrons. The Hall–Kier alpha value is -2.19. The van der Waals surface area contributed by atoms with Crippen molar-refractivity contribution in [3.63, 3.8) is 0 Å². The zero-order valence-electron chi connectivity index (χ0n) is 16.4. The fourth-order valence-corrected chi connectivity index (χ4v) is 4.22. The summed E-state index contributed by atoms with van der Waals surface area (Å²) in [6, 6.07) is 7.27. The van der Waals surface area contributed by atoms with Gasteiger partial charge < -0.3 is 19.4 Å². The quantitative estimate of drug-likeness (QED) is 0.525. The van der Waals surface area contributed by atoms with Crippen molar-refractivity contribution < 1.29 is 14.3 Å². The van der Waals surface area contributed by atoms with E-state index in [2.05, 4.69) is 5.32 Å². The second kappa shape index (κ2) is 10.0. The lowest BCUT2D eigenvalue weighted by atomic mass is 10.1. The van der Waals surface area contributed by atoms with E-state index in [9.17, 15) is 9.59 Å². The number of fused-ring (bicyclic) bond motifs is 1. The zero-order valence-corrected chi connectivity index (χ0v) is 17.9. The third kappa shape index (κ3) is 5.45. The van der Waals surface area contributed by atoms with Crippen LogP contribution in [-0.4, -0.2) is 30.8 Å². The summed E-state index contributed by atoms with van der Waals surface area (Å²) in [5, 5.41) is 5.43. The molecule has 3 rings (SSSR count). The second-order valence-electron chi connectivity index (χ2n) is 6.66. The lowest BCUT2D eigenvalue weighted by molar-refractivity contribution is -0.120. The van der Waals surface area contributed by atoms with Gasteiger partial charge in [-0.15, -0.1) is 11.3 Å². The van der Waals surface area contributed by atoms with Crippen molar-refractivity contribution >= 4 is 39.1 Å². The van der Waals surface area contributed by atoms with E-state index in [0.29, 0.717) is 41.7 Å². The van der Waals surface area contributed by atoms with E-state index in [1.807, 2.05) is 29.1 Å². The predicted molar refractivity (Wildman–Crippen MR) is 116 cm³/mol. The molecule has 0 aliphatic carbocycles. The summed E-state index contributed by atoms with van der Waals surface area (Å²) in [6.07, 6.45) is 1.77. The number of aromatic nitrogens is 1. The number of nitrogens with one attached hydrogen (secondary N) is 1. The van der Waals surface area contributed by atoms with Gasteiger partial charge in [-0.3, -0.25) is 9.59 Å². The third-order valence-corrected chi connectivity index (χ3v) is 5.75. The highest BCUT2D eigenvalue weighted by molar-refractivity contribution is 7.17. The molecule has 0 saturated carbocycles. The number of ether oxygens (including phenoxy) is 2. The van der Waals surface area contributed by atoms with Crippen molar-refractivity contribution in [3.8, 4) is 0 Å². The summed E-state index contributed by atoms with van der Waals surface area (Å²) in [4.78, 5) is 25.2. The lowest BCUT2D eigenvalue weighted by Crippen LogP contribution is -2.27. The molecule has 0 saturated heterocycles. The summed E-state index contributed by atoms with van der Waals surface area (Å²) in [5.41, 5.74) is 3.12. The van der Waals surface area contributed by atoms with Gasteiger partial charge in [0.2, 0.25) is 11.3 Å². The van der Waals surface area contributed by atoms with Crippen LogP contribution in [0.2, 0.25) is 5.02 Å². The van der Waals surface area contributed by atoms with Crippen molar-refractivity contribution in [2.45, 2.75) is 19.6 Å². The maximum atomic E-state index is 12.9. The molecule has 2 aromatic heterocycles. The van der Waals surface area contributed by atoms with Gasteiger partial charge in [-0.1, -0.05) is 23.7 Å². The Bertz CT molecular complexity index is 1040. The van der Waals surface area contributed by atoms with Crippen molar-refractivity contribution in [3.05, 3.63) is 67.8 Å². The molecule has 0 spiro atoms. The number of rotatable bonds is 9. The summed E-state index contributed by atoms with van der Waals surface area (Å²) in [5.74, 6) is -0.198. The summed E-state index contributed by atoms with van der Waals surface area (Å²) in [6.45, 7) is 1.82. The van der Waals surface area contributed by atoms with Crippen LogP contribution in [0.5, 0.6) is 0 Å². The molecule has 0 fully saturated rings. The first kappa shape index (κ1) is 21.5. The smallest absolute Gasteiger partial charge is 0.224 e. The molecule has 29 heavy (non-hydrogen) atoms. The number of thiophene rings is 1. The number of amides is 1. The molecule has 1 aromatic carbocycles. The number of carbonyl (C=O) groups excluding carboxylic acids is 1. The van der Waals surface area contributed by atoms with Gasteiger partial charge in [-0.25, -0.2) is 0 Å². The third-order valence-electron chi connectivity index (χ3n) is 4.48. The number of methoxy groups -OCH3 is 1. The summed E-state index contributed by atoms with van der Waals surface area (Å²) >= 11 is 7.25. The molecule has 0 bridgehead atoms. The molecule has 0 unspecified atom stereocenters. The number of benzene rings is 1. The van der Waals surface area contributed by atoms with E-state index >= 15 is 0 Å². The van der Waals surface area contributed by atoms with Gasteiger partial charge in [-0.2, -0.15) is 0 Å². The molecule has 1 amide bonds. The van der Waals surface area contributed by atoms with Gasteiger partial charge in [0.15, 0.2) is 0 Å². The summed E-state index contributed by atoms with van der Waals surface area (Å²) < 4.78 is 13.1. The van der Waals surface area contributed by atoms with Gasteiger partial charge >= 0.3 is 0 Å². The number of hydrogen-bond acceptors (Lipinski definition) is 5. The fourth-order valence-electron chi connectivity index (χ4n) is 3.03. The largest absolute Gasteiger partial charge is 0.382 e. The van der Waals surface area contributed by atoms with Gasteiger partial charge in [0.1, 0.15) is 0 Å². The zero-order chi connectivity index (χ0) is 20.8. The minimum absolute atomic E-state index is 0.0355. The molecule has 0 aliphatic heterocycles. The van der Waals surface area contributed by atoms with Crippen LogP contribution in [0.15, 0.2) is 40.6 Å². The van der Waals surface area contributed by atoms with Crippen molar-refractivity contribution in [2.24, 2.45) is 7.05 Å². The topological polar surface area (TPSA) is 69.6 Å². The highest BCUT2D eigenvalue weighted by Crippen LogP contribution is 2.24. The first-order chi connectivity index (χ1) is 14.0. The fraction of sp³-hybridized carbons (Fsp3) is 0.333. The van der Waals surface area contributed by atoms with Gasteiger partial charge in [-0.05, 0) is 23.1 Å². The molecular formula is C21H23ClN2O4S. The van der Waals surface area contributed by atoms with E-state index < -0.39 is 0 Å². The van der Waals surface area contributed by atoms with E-state index in [0.717, 1.165) is 16.6 Å².